The highest BCUT2D eigenvalue weighted by Crippen LogP contribution is 2.39. The maximum atomic E-state index is 12.4. The van der Waals surface area contributed by atoms with Gasteiger partial charge in [0.15, 0.2) is 5.82 Å². The predicted octanol–water partition coefficient (Wildman–Crippen LogP) is 2.27. The summed E-state index contributed by atoms with van der Waals surface area (Å²) < 4.78 is 1.66. The van der Waals surface area contributed by atoms with Gasteiger partial charge in [0.1, 0.15) is 0 Å². The van der Waals surface area contributed by atoms with Crippen molar-refractivity contribution >= 4 is 39.5 Å². The number of fused-ring (bicyclic) bond motifs is 1. The third-order valence-electron chi connectivity index (χ3n) is 3.59. The molecule has 24 heavy (non-hydrogen) atoms. The molecule has 0 atom stereocenters. The molecule has 1 aliphatic carbocycles. The van der Waals surface area contributed by atoms with Crippen LogP contribution in [0.25, 0.3) is 4.96 Å². The molecule has 0 aliphatic heterocycles. The van der Waals surface area contributed by atoms with Gasteiger partial charge in [0, 0.05) is 24.2 Å². The Hall–Kier alpha value is -2.81. The van der Waals surface area contributed by atoms with Gasteiger partial charge in [0.25, 0.3) is 5.91 Å². The molecule has 0 radical (unpaired) electrons. The van der Waals surface area contributed by atoms with Crippen molar-refractivity contribution in [3.63, 3.8) is 0 Å². The van der Waals surface area contributed by atoms with Gasteiger partial charge >= 0.3 is 0 Å². The number of aromatic nitrogens is 4. The topological polar surface area (TPSA) is 101 Å². The normalized spacial score (nSPS) is 13.9. The van der Waals surface area contributed by atoms with E-state index in [0.717, 1.165) is 18.7 Å². The summed E-state index contributed by atoms with van der Waals surface area (Å²) in [6.07, 6.45) is 2.19. The van der Waals surface area contributed by atoms with E-state index in [1.54, 1.807) is 28.8 Å². The Balaban J connectivity index is 1.54. The van der Waals surface area contributed by atoms with Gasteiger partial charge in [0.05, 0.1) is 0 Å². The maximum absolute atomic E-state index is 12.4. The number of rotatable bonds is 4. The van der Waals surface area contributed by atoms with Crippen molar-refractivity contribution in [2.45, 2.75) is 25.7 Å². The van der Waals surface area contributed by atoms with Crippen molar-refractivity contribution in [3.05, 3.63) is 35.1 Å². The molecule has 0 unspecified atom stereocenters. The molecular weight excluding hydrogens is 328 g/mol. The van der Waals surface area contributed by atoms with Gasteiger partial charge in [0.2, 0.25) is 15.9 Å². The molecule has 0 saturated heterocycles. The Morgan fingerprint density at radius 3 is 2.67 bits per heavy atom. The summed E-state index contributed by atoms with van der Waals surface area (Å²) >= 11 is 1.20. The van der Waals surface area contributed by atoms with E-state index in [4.69, 9.17) is 0 Å². The summed E-state index contributed by atoms with van der Waals surface area (Å²) in [6.45, 7) is 1.43. The van der Waals surface area contributed by atoms with Crippen LogP contribution in [0.4, 0.5) is 11.4 Å². The molecular formula is C15H14N6O2S. The Bertz CT molecular complexity index is 942. The molecule has 2 aromatic heterocycles. The summed E-state index contributed by atoms with van der Waals surface area (Å²) in [5, 5.41) is 18.3. The molecule has 9 heteroatoms. The van der Waals surface area contributed by atoms with E-state index in [2.05, 4.69) is 25.9 Å². The standard InChI is InChI=1S/C15H14N6O2S/c1-8(22)16-10-3-2-4-11(7-10)17-13(23)14-20-21-12(9-5-6-9)18-19-15(21)24-14/h2-4,7,9H,5-6H2,1H3,(H,16,22)(H,17,23). The fourth-order valence-corrected chi connectivity index (χ4v) is 3.12. The zero-order chi connectivity index (χ0) is 16.7. The van der Waals surface area contributed by atoms with Gasteiger partial charge in [-0.25, -0.2) is 0 Å². The molecule has 1 aromatic carbocycles. The molecule has 0 bridgehead atoms. The molecule has 1 fully saturated rings. The molecule has 2 amide bonds. The molecule has 1 saturated carbocycles. The molecule has 2 N–H and O–H groups in total. The second kappa shape index (κ2) is 5.68. The van der Waals surface area contributed by atoms with Crippen LogP contribution in [0.15, 0.2) is 24.3 Å². The Labute approximate surface area is 140 Å². The predicted molar refractivity (Wildman–Crippen MR) is 89.3 cm³/mol. The minimum atomic E-state index is -0.313. The van der Waals surface area contributed by atoms with Crippen molar-refractivity contribution in [2.24, 2.45) is 0 Å². The molecule has 1 aliphatic rings. The van der Waals surface area contributed by atoms with E-state index in [0.29, 0.717) is 27.3 Å². The van der Waals surface area contributed by atoms with Gasteiger partial charge in [-0.05, 0) is 31.0 Å². The average molecular weight is 342 g/mol. The van der Waals surface area contributed by atoms with E-state index >= 15 is 0 Å². The summed E-state index contributed by atoms with van der Waals surface area (Å²) in [7, 11) is 0. The summed E-state index contributed by atoms with van der Waals surface area (Å²) in [5.74, 6) is 0.757. The second-order valence-electron chi connectivity index (χ2n) is 5.65. The number of nitrogens with one attached hydrogen (secondary N) is 2. The maximum Gasteiger partial charge on any atom is 0.286 e. The lowest BCUT2D eigenvalue weighted by Gasteiger charge is -2.06. The van der Waals surface area contributed by atoms with Crippen molar-refractivity contribution in [1.29, 1.82) is 0 Å². The van der Waals surface area contributed by atoms with Crippen LogP contribution in [0, 0.1) is 0 Å². The molecule has 4 rings (SSSR count). The molecule has 8 nitrogen and oxygen atoms in total. The number of carbonyl (C=O) groups is 2. The summed E-state index contributed by atoms with van der Waals surface area (Å²) in [4.78, 5) is 24.1. The summed E-state index contributed by atoms with van der Waals surface area (Å²) in [5.41, 5.74) is 1.20. The van der Waals surface area contributed by atoms with E-state index in [1.807, 2.05) is 0 Å². The third-order valence-corrected chi connectivity index (χ3v) is 4.49. The summed E-state index contributed by atoms with van der Waals surface area (Å²) in [6, 6.07) is 6.95. The SMILES string of the molecule is CC(=O)Nc1cccc(NC(=O)c2nn3c(C4CC4)nnc3s2)c1. The fourth-order valence-electron chi connectivity index (χ4n) is 2.38. The van der Waals surface area contributed by atoms with Crippen molar-refractivity contribution < 1.29 is 9.59 Å². The molecule has 0 spiro atoms. The first-order chi connectivity index (χ1) is 11.6. The zero-order valence-corrected chi connectivity index (χ0v) is 13.6. The van der Waals surface area contributed by atoms with E-state index in [9.17, 15) is 9.59 Å². The minimum Gasteiger partial charge on any atom is -0.326 e. The lowest BCUT2D eigenvalue weighted by molar-refractivity contribution is -0.114. The largest absolute Gasteiger partial charge is 0.326 e. The number of benzene rings is 1. The quantitative estimate of drug-likeness (QED) is 0.757. The minimum absolute atomic E-state index is 0.167. The van der Waals surface area contributed by atoms with Crippen LogP contribution in [0.3, 0.4) is 0 Å². The number of hydrogen-bond acceptors (Lipinski definition) is 6. The number of hydrogen-bond donors (Lipinski definition) is 2. The number of amides is 2. The Morgan fingerprint density at radius 2 is 1.96 bits per heavy atom. The first kappa shape index (κ1) is 14.8. The van der Waals surface area contributed by atoms with Gasteiger partial charge in [-0.15, -0.1) is 15.3 Å². The third kappa shape index (κ3) is 2.85. The highest BCUT2D eigenvalue weighted by Gasteiger charge is 2.30. The van der Waals surface area contributed by atoms with Crippen LogP contribution in [0.2, 0.25) is 0 Å². The van der Waals surface area contributed by atoms with Crippen molar-refractivity contribution in [3.8, 4) is 0 Å². The molecule has 122 valence electrons. The van der Waals surface area contributed by atoms with Crippen LogP contribution in [0.5, 0.6) is 0 Å². The van der Waals surface area contributed by atoms with Crippen LogP contribution in [-0.4, -0.2) is 31.6 Å². The van der Waals surface area contributed by atoms with Gasteiger partial charge in [-0.3, -0.25) is 9.59 Å². The van der Waals surface area contributed by atoms with E-state index in [-0.39, 0.29) is 11.8 Å². The number of anilines is 2. The lowest BCUT2D eigenvalue weighted by Crippen LogP contribution is -2.13. The van der Waals surface area contributed by atoms with Crippen LogP contribution < -0.4 is 10.6 Å². The zero-order valence-electron chi connectivity index (χ0n) is 12.8. The molecule has 3 aromatic rings. The van der Waals surface area contributed by atoms with Gasteiger partial charge in [-0.1, -0.05) is 17.4 Å². The van der Waals surface area contributed by atoms with Crippen LogP contribution in [0.1, 0.15) is 41.3 Å². The highest BCUT2D eigenvalue weighted by atomic mass is 32.1. The smallest absolute Gasteiger partial charge is 0.286 e. The second-order valence-corrected chi connectivity index (χ2v) is 6.61. The van der Waals surface area contributed by atoms with E-state index < -0.39 is 0 Å². The Morgan fingerprint density at radius 1 is 1.21 bits per heavy atom. The first-order valence-electron chi connectivity index (χ1n) is 7.51. The lowest BCUT2D eigenvalue weighted by atomic mass is 10.2. The van der Waals surface area contributed by atoms with E-state index in [1.165, 1.54) is 18.3 Å². The van der Waals surface area contributed by atoms with Gasteiger partial charge < -0.3 is 10.6 Å². The average Bonchev–Trinajstić information content (AvgIpc) is 3.15. The van der Waals surface area contributed by atoms with Crippen molar-refractivity contribution in [1.82, 2.24) is 19.8 Å². The van der Waals surface area contributed by atoms with Crippen molar-refractivity contribution in [2.75, 3.05) is 10.6 Å². The highest BCUT2D eigenvalue weighted by molar-refractivity contribution is 7.18. The molecule has 2 heterocycles. The number of carbonyl (C=O) groups excluding carboxylic acids is 2. The number of nitrogens with zero attached hydrogens (tertiary/aromatic N) is 4. The van der Waals surface area contributed by atoms with Gasteiger partial charge in [-0.2, -0.15) is 4.52 Å². The van der Waals surface area contributed by atoms with Crippen LogP contribution in [-0.2, 0) is 4.79 Å². The Kier molecular flexibility index (Phi) is 3.49. The first-order valence-corrected chi connectivity index (χ1v) is 8.33. The van der Waals surface area contributed by atoms with Crippen LogP contribution >= 0.6 is 11.3 Å². The monoisotopic (exact) mass is 342 g/mol. The fraction of sp³-hybridized carbons (Fsp3) is 0.267.